The standard InChI is InChI=1S/C14H12Cl2N2O2/c15-12-4-1-10(2-5-12)8-17-9-11-3-6-13(16)7-14(11)18(19)20/h1-7,17H,8-9H2. The van der Waals surface area contributed by atoms with Crippen molar-refractivity contribution in [2.75, 3.05) is 0 Å². The SMILES string of the molecule is O=[N+]([O-])c1cc(Cl)ccc1CNCc1ccc(Cl)cc1. The van der Waals surface area contributed by atoms with E-state index in [1.54, 1.807) is 12.1 Å². The molecule has 0 aliphatic rings. The number of halogens is 2. The van der Waals surface area contributed by atoms with Crippen LogP contribution in [0.2, 0.25) is 10.0 Å². The highest BCUT2D eigenvalue weighted by atomic mass is 35.5. The van der Waals surface area contributed by atoms with E-state index < -0.39 is 4.92 Å². The van der Waals surface area contributed by atoms with Crippen LogP contribution in [0.1, 0.15) is 11.1 Å². The molecule has 0 atom stereocenters. The van der Waals surface area contributed by atoms with Gasteiger partial charge in [-0.15, -0.1) is 0 Å². The molecule has 0 heterocycles. The number of nitro benzene ring substituents is 1. The van der Waals surface area contributed by atoms with Crippen molar-refractivity contribution in [1.29, 1.82) is 0 Å². The fourth-order valence-electron chi connectivity index (χ4n) is 1.80. The van der Waals surface area contributed by atoms with Crippen LogP contribution in [-0.2, 0) is 13.1 Å². The lowest BCUT2D eigenvalue weighted by atomic mass is 10.1. The third-order valence-corrected chi connectivity index (χ3v) is 3.29. The molecule has 0 saturated carbocycles. The first kappa shape index (κ1) is 14.8. The molecule has 2 aromatic rings. The van der Waals surface area contributed by atoms with Crippen LogP contribution in [0, 0.1) is 10.1 Å². The minimum atomic E-state index is -0.425. The van der Waals surface area contributed by atoms with E-state index in [9.17, 15) is 10.1 Å². The first-order valence-corrected chi connectivity index (χ1v) is 6.70. The van der Waals surface area contributed by atoms with Gasteiger partial charge in [-0.2, -0.15) is 0 Å². The van der Waals surface area contributed by atoms with Gasteiger partial charge in [0.2, 0.25) is 0 Å². The number of nitrogens with zero attached hydrogens (tertiary/aromatic N) is 1. The second-order valence-electron chi connectivity index (χ2n) is 4.26. The maximum absolute atomic E-state index is 10.9. The van der Waals surface area contributed by atoms with Gasteiger partial charge in [0.25, 0.3) is 5.69 Å². The number of rotatable bonds is 5. The summed E-state index contributed by atoms with van der Waals surface area (Å²) in [4.78, 5) is 10.5. The third-order valence-electron chi connectivity index (χ3n) is 2.80. The van der Waals surface area contributed by atoms with Crippen molar-refractivity contribution in [3.63, 3.8) is 0 Å². The molecule has 1 N–H and O–H groups in total. The van der Waals surface area contributed by atoms with Crippen molar-refractivity contribution in [2.24, 2.45) is 0 Å². The highest BCUT2D eigenvalue weighted by Gasteiger charge is 2.13. The molecule has 4 nitrogen and oxygen atoms in total. The maximum Gasteiger partial charge on any atom is 0.275 e. The summed E-state index contributed by atoms with van der Waals surface area (Å²) in [5, 5.41) is 15.2. The maximum atomic E-state index is 10.9. The topological polar surface area (TPSA) is 55.2 Å². The second kappa shape index (κ2) is 6.70. The van der Waals surface area contributed by atoms with Crippen LogP contribution in [0.3, 0.4) is 0 Å². The summed E-state index contributed by atoms with van der Waals surface area (Å²) in [5.74, 6) is 0. The van der Waals surface area contributed by atoms with Crippen LogP contribution in [-0.4, -0.2) is 4.92 Å². The van der Waals surface area contributed by atoms with Crippen LogP contribution in [0.5, 0.6) is 0 Å². The lowest BCUT2D eigenvalue weighted by Crippen LogP contribution is -2.13. The fourth-order valence-corrected chi connectivity index (χ4v) is 2.09. The van der Waals surface area contributed by atoms with Crippen molar-refractivity contribution in [3.8, 4) is 0 Å². The predicted molar refractivity (Wildman–Crippen MR) is 80.1 cm³/mol. The average Bonchev–Trinajstić information content (AvgIpc) is 2.42. The molecule has 0 aromatic heterocycles. The van der Waals surface area contributed by atoms with Gasteiger partial charge in [0.15, 0.2) is 0 Å². The normalized spacial score (nSPS) is 10.5. The molecule has 2 rings (SSSR count). The van der Waals surface area contributed by atoms with E-state index >= 15 is 0 Å². The molecule has 6 heteroatoms. The molecule has 0 spiro atoms. The highest BCUT2D eigenvalue weighted by molar-refractivity contribution is 6.31. The van der Waals surface area contributed by atoms with Gasteiger partial charge in [-0.1, -0.05) is 35.3 Å². The smallest absolute Gasteiger partial charge is 0.275 e. The summed E-state index contributed by atoms with van der Waals surface area (Å²) >= 11 is 11.6. The summed E-state index contributed by atoms with van der Waals surface area (Å²) < 4.78 is 0. The minimum Gasteiger partial charge on any atom is -0.308 e. The highest BCUT2D eigenvalue weighted by Crippen LogP contribution is 2.23. The molecule has 0 aliphatic carbocycles. The Balaban J connectivity index is 2.00. The summed E-state index contributed by atoms with van der Waals surface area (Å²) in [6.45, 7) is 1.01. The Kier molecular flexibility index (Phi) is 4.95. The van der Waals surface area contributed by atoms with E-state index in [1.807, 2.05) is 24.3 Å². The number of hydrogen-bond acceptors (Lipinski definition) is 3. The Hall–Kier alpha value is -1.62. The van der Waals surface area contributed by atoms with Crippen molar-refractivity contribution in [2.45, 2.75) is 13.1 Å². The molecular formula is C14H12Cl2N2O2. The Morgan fingerprint density at radius 1 is 1.00 bits per heavy atom. The molecule has 0 radical (unpaired) electrons. The van der Waals surface area contributed by atoms with E-state index in [2.05, 4.69) is 5.32 Å². The Morgan fingerprint density at radius 3 is 2.30 bits per heavy atom. The second-order valence-corrected chi connectivity index (χ2v) is 5.13. The van der Waals surface area contributed by atoms with Gasteiger partial charge < -0.3 is 5.32 Å². The van der Waals surface area contributed by atoms with Crippen LogP contribution in [0.15, 0.2) is 42.5 Å². The quantitative estimate of drug-likeness (QED) is 0.665. The van der Waals surface area contributed by atoms with Crippen LogP contribution in [0.4, 0.5) is 5.69 Å². The molecular weight excluding hydrogens is 299 g/mol. The molecule has 0 bridgehead atoms. The Morgan fingerprint density at radius 2 is 1.65 bits per heavy atom. The van der Waals surface area contributed by atoms with Gasteiger partial charge in [0.05, 0.1) is 4.92 Å². The minimum absolute atomic E-state index is 0.0288. The largest absolute Gasteiger partial charge is 0.308 e. The zero-order chi connectivity index (χ0) is 14.5. The third kappa shape index (κ3) is 3.93. The van der Waals surface area contributed by atoms with E-state index in [0.29, 0.717) is 28.7 Å². The zero-order valence-electron chi connectivity index (χ0n) is 10.5. The van der Waals surface area contributed by atoms with Crippen LogP contribution in [0.25, 0.3) is 0 Å². The Bertz CT molecular complexity index is 615. The van der Waals surface area contributed by atoms with Gasteiger partial charge in [-0.25, -0.2) is 0 Å². The van der Waals surface area contributed by atoms with E-state index in [-0.39, 0.29) is 5.69 Å². The van der Waals surface area contributed by atoms with Crippen LogP contribution >= 0.6 is 23.2 Å². The summed E-state index contributed by atoms with van der Waals surface area (Å²) in [7, 11) is 0. The lowest BCUT2D eigenvalue weighted by Gasteiger charge is -2.06. The predicted octanol–water partition coefficient (Wildman–Crippen LogP) is 4.19. The van der Waals surface area contributed by atoms with Crippen LogP contribution < -0.4 is 5.32 Å². The Labute approximate surface area is 126 Å². The summed E-state index contributed by atoms with van der Waals surface area (Å²) in [5.41, 5.74) is 1.69. The number of hydrogen-bond donors (Lipinski definition) is 1. The number of nitrogens with one attached hydrogen (secondary N) is 1. The van der Waals surface area contributed by atoms with Gasteiger partial charge in [0, 0.05) is 34.8 Å². The molecule has 0 amide bonds. The molecule has 104 valence electrons. The van der Waals surface area contributed by atoms with Gasteiger partial charge in [-0.3, -0.25) is 10.1 Å². The zero-order valence-corrected chi connectivity index (χ0v) is 12.0. The van der Waals surface area contributed by atoms with Crippen molar-refractivity contribution in [1.82, 2.24) is 5.32 Å². The first-order chi connectivity index (χ1) is 9.56. The van der Waals surface area contributed by atoms with Gasteiger partial charge >= 0.3 is 0 Å². The van der Waals surface area contributed by atoms with Crippen molar-refractivity contribution in [3.05, 3.63) is 73.8 Å². The first-order valence-electron chi connectivity index (χ1n) is 5.94. The molecule has 0 aliphatic heterocycles. The monoisotopic (exact) mass is 310 g/mol. The van der Waals surface area contributed by atoms with Crippen molar-refractivity contribution >= 4 is 28.9 Å². The number of benzene rings is 2. The molecule has 0 saturated heterocycles. The van der Waals surface area contributed by atoms with Crippen molar-refractivity contribution < 1.29 is 4.92 Å². The fraction of sp³-hybridized carbons (Fsp3) is 0.143. The molecule has 0 fully saturated rings. The van der Waals surface area contributed by atoms with Gasteiger partial charge in [-0.05, 0) is 29.8 Å². The van der Waals surface area contributed by atoms with E-state index in [1.165, 1.54) is 6.07 Å². The molecule has 0 unspecified atom stereocenters. The molecule has 20 heavy (non-hydrogen) atoms. The summed E-state index contributed by atoms with van der Waals surface area (Å²) in [6.07, 6.45) is 0. The summed E-state index contributed by atoms with van der Waals surface area (Å²) in [6, 6.07) is 12.1. The van der Waals surface area contributed by atoms with Gasteiger partial charge in [0.1, 0.15) is 0 Å². The lowest BCUT2D eigenvalue weighted by molar-refractivity contribution is -0.385. The van der Waals surface area contributed by atoms with E-state index in [0.717, 1.165) is 5.56 Å². The number of nitro groups is 1. The molecule has 2 aromatic carbocycles. The average molecular weight is 311 g/mol. The van der Waals surface area contributed by atoms with E-state index in [4.69, 9.17) is 23.2 Å².